The van der Waals surface area contributed by atoms with E-state index >= 15 is 0 Å². The van der Waals surface area contributed by atoms with Crippen molar-refractivity contribution < 1.29 is 38.6 Å². The molecule has 10 rings (SSSR count). The second-order valence-corrected chi connectivity index (χ2v) is 23.2. The van der Waals surface area contributed by atoms with Crippen LogP contribution in [0.4, 0.5) is 11.4 Å². The van der Waals surface area contributed by atoms with Crippen molar-refractivity contribution in [1.29, 1.82) is 0 Å². The van der Waals surface area contributed by atoms with E-state index in [1.54, 1.807) is 54.0 Å². The fourth-order valence-electron chi connectivity index (χ4n) is 9.98. The number of para-hydroxylation sites is 2. The molecule has 2 saturated heterocycles. The van der Waals surface area contributed by atoms with Crippen molar-refractivity contribution in [3.8, 4) is 0 Å². The van der Waals surface area contributed by atoms with E-state index in [9.17, 15) is 28.8 Å². The predicted octanol–water partition coefficient (Wildman–Crippen LogP) is 12.3. The van der Waals surface area contributed by atoms with Gasteiger partial charge in [-0.15, -0.1) is 22.7 Å². The Labute approximate surface area is 483 Å². The number of esters is 1. The van der Waals surface area contributed by atoms with Crippen LogP contribution in [0.15, 0.2) is 97.6 Å². The van der Waals surface area contributed by atoms with E-state index in [1.165, 1.54) is 29.8 Å². The van der Waals surface area contributed by atoms with Gasteiger partial charge in [-0.1, -0.05) is 82.8 Å². The summed E-state index contributed by atoms with van der Waals surface area (Å²) >= 11 is 29.2. The maximum Gasteiger partial charge on any atom is 0.305 e. The van der Waals surface area contributed by atoms with Crippen LogP contribution in [0, 0.1) is 0 Å². The number of hydrogen-bond donors (Lipinski definition) is 3. The Morgan fingerprint density at radius 2 is 1.06 bits per heavy atom. The highest BCUT2D eigenvalue weighted by Crippen LogP contribution is 2.39. The van der Waals surface area contributed by atoms with Gasteiger partial charge in [0.25, 0.3) is 11.8 Å². The average Bonchev–Trinajstić information content (AvgIpc) is 4.40. The number of aliphatic carboxylic acids is 1. The fourth-order valence-corrected chi connectivity index (χ4v) is 13.0. The number of methoxy groups -OCH3 is 1. The van der Waals surface area contributed by atoms with Gasteiger partial charge in [-0.05, 0) is 86.1 Å². The normalized spacial score (nSPS) is 15.1. The number of carbonyl (C=O) groups is 6. The van der Waals surface area contributed by atoms with Crippen molar-refractivity contribution in [3.63, 3.8) is 0 Å². The topological polar surface area (TPSA) is 198 Å². The molecular weight excluding hydrogens is 1130 g/mol. The summed E-state index contributed by atoms with van der Waals surface area (Å²) < 4.78 is 8.50. The minimum atomic E-state index is -0.850. The molecule has 2 fully saturated rings. The van der Waals surface area contributed by atoms with Gasteiger partial charge in [0.05, 0.1) is 77.4 Å². The molecule has 22 heteroatoms. The summed E-state index contributed by atoms with van der Waals surface area (Å²) in [5, 5.41) is 19.3. The number of likely N-dealkylation sites (tertiary alicyclic amines) is 2. The highest BCUT2D eigenvalue weighted by molar-refractivity contribution is 7.12. The van der Waals surface area contributed by atoms with E-state index < -0.39 is 5.97 Å². The highest BCUT2D eigenvalue weighted by atomic mass is 35.5. The number of carboxylic acid groups (broad SMARTS) is 1. The van der Waals surface area contributed by atoms with Crippen LogP contribution >= 0.6 is 69.1 Å². The number of thiazole rings is 2. The maximum absolute atomic E-state index is 13.4. The first-order valence-corrected chi connectivity index (χ1v) is 28.5. The van der Waals surface area contributed by atoms with Crippen LogP contribution in [0.5, 0.6) is 0 Å². The van der Waals surface area contributed by atoms with Crippen LogP contribution < -0.4 is 10.6 Å². The van der Waals surface area contributed by atoms with E-state index in [2.05, 4.69) is 20.6 Å². The first kappa shape index (κ1) is 56.9. The van der Waals surface area contributed by atoms with E-state index in [-0.39, 0.29) is 66.0 Å². The van der Waals surface area contributed by atoms with Crippen LogP contribution in [0.25, 0.3) is 21.8 Å². The third-order valence-electron chi connectivity index (χ3n) is 14.0. The predicted molar refractivity (Wildman–Crippen MR) is 310 cm³/mol. The lowest BCUT2D eigenvalue weighted by molar-refractivity contribution is -0.140. The number of ether oxygens (including phenoxy) is 1. The van der Waals surface area contributed by atoms with Gasteiger partial charge < -0.3 is 39.4 Å². The number of carbonyl (C=O) groups excluding carboxylic acids is 5. The van der Waals surface area contributed by atoms with Gasteiger partial charge in [-0.3, -0.25) is 28.8 Å². The zero-order valence-corrected chi connectivity index (χ0v) is 47.9. The van der Waals surface area contributed by atoms with Crippen LogP contribution in [0.2, 0.25) is 20.1 Å². The van der Waals surface area contributed by atoms with Gasteiger partial charge in [-0.2, -0.15) is 0 Å². The number of aromatic nitrogens is 4. The van der Waals surface area contributed by atoms with Gasteiger partial charge in [0.15, 0.2) is 0 Å². The molecule has 0 radical (unpaired) electrons. The monoisotopic (exact) mass is 1180 g/mol. The van der Waals surface area contributed by atoms with E-state index in [1.807, 2.05) is 76.7 Å². The fraction of sp³-hybridized carbons (Fsp3) is 0.298. The molecule has 4 aromatic heterocycles. The van der Waals surface area contributed by atoms with Crippen LogP contribution in [-0.4, -0.2) is 89.8 Å². The summed E-state index contributed by atoms with van der Waals surface area (Å²) in [5.41, 5.74) is 4.84. The number of anilines is 2. The van der Waals surface area contributed by atoms with Crippen molar-refractivity contribution in [1.82, 2.24) is 28.9 Å². The molecule has 0 spiro atoms. The second-order valence-electron chi connectivity index (χ2n) is 19.2. The number of halogens is 4. The van der Waals surface area contributed by atoms with Crippen molar-refractivity contribution in [2.45, 2.75) is 76.3 Å². The Hall–Kier alpha value is -6.80. The van der Waals surface area contributed by atoms with Gasteiger partial charge >= 0.3 is 11.9 Å². The molecule has 4 aromatic carbocycles. The molecule has 16 nitrogen and oxygen atoms in total. The minimum Gasteiger partial charge on any atom is -0.481 e. The summed E-state index contributed by atoms with van der Waals surface area (Å²) in [5.74, 6) is -1.88. The van der Waals surface area contributed by atoms with Crippen LogP contribution in [0.3, 0.4) is 0 Å². The Morgan fingerprint density at radius 1 is 0.633 bits per heavy atom. The lowest BCUT2D eigenvalue weighted by atomic mass is 10.1. The maximum atomic E-state index is 13.4. The number of amides is 4. The number of carboxylic acids is 1. The van der Waals surface area contributed by atoms with Crippen LogP contribution in [-0.2, 0) is 63.7 Å². The zero-order chi connectivity index (χ0) is 56.1. The number of benzene rings is 4. The number of nitrogens with one attached hydrogen (secondary N) is 2. The molecule has 410 valence electrons. The molecule has 4 amide bonds. The third-order valence-corrected chi connectivity index (χ3v) is 17.6. The molecule has 0 saturated carbocycles. The van der Waals surface area contributed by atoms with E-state index in [4.69, 9.17) is 56.2 Å². The molecule has 3 N–H and O–H groups in total. The first-order valence-electron chi connectivity index (χ1n) is 25.4. The van der Waals surface area contributed by atoms with Crippen molar-refractivity contribution in [2.75, 3.05) is 30.8 Å². The molecule has 0 aliphatic carbocycles. The number of nitrogens with zero attached hydrogens (tertiary/aromatic N) is 6. The molecule has 2 aliphatic heterocycles. The summed E-state index contributed by atoms with van der Waals surface area (Å²) in [6, 6.07) is 21.5. The van der Waals surface area contributed by atoms with Crippen molar-refractivity contribution in [2.24, 2.45) is 14.1 Å². The van der Waals surface area contributed by atoms with Gasteiger partial charge in [0.2, 0.25) is 11.8 Å². The highest BCUT2D eigenvalue weighted by Gasteiger charge is 2.34. The number of fused-ring (bicyclic) bond motifs is 2. The Balaban J connectivity index is 0.000000192. The Kier molecular flexibility index (Phi) is 18.1. The molecule has 2 aliphatic rings. The van der Waals surface area contributed by atoms with Gasteiger partial charge in [0, 0.05) is 93.6 Å². The molecule has 0 unspecified atom stereocenters. The zero-order valence-electron chi connectivity index (χ0n) is 43.2. The molecule has 6 heterocycles. The minimum absolute atomic E-state index is 0.0482. The first-order chi connectivity index (χ1) is 38.0. The second kappa shape index (κ2) is 25.1. The largest absolute Gasteiger partial charge is 0.481 e. The summed E-state index contributed by atoms with van der Waals surface area (Å²) in [6.07, 6.45) is 11.8. The molecule has 2 atom stereocenters. The summed E-state index contributed by atoms with van der Waals surface area (Å²) in [7, 11) is 5.14. The van der Waals surface area contributed by atoms with Crippen molar-refractivity contribution >= 4 is 138 Å². The van der Waals surface area contributed by atoms with Crippen LogP contribution in [0.1, 0.15) is 102 Å². The molecule has 79 heavy (non-hydrogen) atoms. The number of rotatable bonds is 16. The quantitative estimate of drug-likeness (QED) is 0.0783. The summed E-state index contributed by atoms with van der Waals surface area (Å²) in [4.78, 5) is 89.7. The number of hydrogen-bond acceptors (Lipinski definition) is 11. The third kappa shape index (κ3) is 13.1. The summed E-state index contributed by atoms with van der Waals surface area (Å²) in [6.45, 7) is 1.24. The lowest BCUT2D eigenvalue weighted by Crippen LogP contribution is -2.31. The lowest BCUT2D eigenvalue weighted by Gasteiger charge is -2.23. The van der Waals surface area contributed by atoms with E-state index in [0.29, 0.717) is 81.0 Å². The SMILES string of the molecule is COC(=O)CCc1cnc([C@@H]2CCCN2C(=O)Cc2cc(Cl)c(NC(=O)c3cn(C)c4ccccc34)cc2Cl)s1.Cn1cc(C(=O)Nc2cc(Cl)c(CC(=O)N3CCC[C@H]3c3ncc(CCC(=O)O)s3)cc2Cl)c2ccccc21. The van der Waals surface area contributed by atoms with Gasteiger partial charge in [-0.25, -0.2) is 9.97 Å². The molecular formula is C57H54Cl4N8O8S2. The average molecular weight is 1190 g/mol. The standard InChI is InChI=1S/C29H28Cl2N4O4S.C28H26Cl2N4O4S/c1-34-16-20(19-6-3-4-7-24(19)34)28(38)33-23-14-21(30)17(12-22(23)31)13-26(36)35-11-5-8-25(35)29-32-15-18(40-29)9-10-27(37)39-2;1-33-15-19(18-5-2-3-6-23(18)33)27(38)32-22-13-20(29)16(11-21(22)30)12-25(35)34-10-4-7-24(34)28-31-14-17(39-28)8-9-26(36)37/h3-4,6-7,12,14-16,25H,5,8-11,13H2,1-2H3,(H,33,38);2-3,5-6,11,13-15,24H,4,7-10,12H2,1H3,(H,32,38)(H,36,37)/t25-;24-/m00/s1. The Bertz CT molecular complexity index is 3650. The Morgan fingerprint density at radius 3 is 1.49 bits per heavy atom. The van der Waals surface area contributed by atoms with Crippen molar-refractivity contribution in [3.05, 3.63) is 160 Å². The van der Waals surface area contributed by atoms with Gasteiger partial charge in [0.1, 0.15) is 10.0 Å². The number of aryl methyl sites for hydroxylation is 4. The molecule has 0 bridgehead atoms. The van der Waals surface area contributed by atoms with E-state index in [0.717, 1.165) is 67.3 Å². The smallest absolute Gasteiger partial charge is 0.305 e. The molecule has 8 aromatic rings.